The van der Waals surface area contributed by atoms with Gasteiger partial charge in [0.1, 0.15) is 0 Å². The van der Waals surface area contributed by atoms with Crippen LogP contribution in [-0.2, 0) is 0 Å². The lowest BCUT2D eigenvalue weighted by Crippen LogP contribution is -2.19. The highest BCUT2D eigenvalue weighted by Gasteiger charge is 2.02. The van der Waals surface area contributed by atoms with Crippen LogP contribution in [-0.4, -0.2) is 12.4 Å². The van der Waals surface area contributed by atoms with Crippen LogP contribution in [0.4, 0.5) is 0 Å². The fourth-order valence-corrected chi connectivity index (χ4v) is 0.911. The third kappa shape index (κ3) is 1.93. The lowest BCUT2D eigenvalue weighted by molar-refractivity contribution is 1.02. The van der Waals surface area contributed by atoms with E-state index in [1.807, 2.05) is 20.0 Å². The minimum absolute atomic E-state index is 0.814. The molecular formula is C9H14N2. The maximum atomic E-state index is 4.28. The highest BCUT2D eigenvalue weighted by Crippen LogP contribution is 2.10. The van der Waals surface area contributed by atoms with Crippen molar-refractivity contribution < 1.29 is 0 Å². The zero-order valence-corrected chi connectivity index (χ0v) is 7.31. The molecule has 0 unspecified atom stereocenters. The SMILES string of the molecule is CC=C(C)C1=CNC(C)=NC1. The second-order valence-electron chi connectivity index (χ2n) is 2.69. The summed E-state index contributed by atoms with van der Waals surface area (Å²) in [5.41, 5.74) is 2.58. The predicted octanol–water partition coefficient (Wildman–Crippen LogP) is 1.86. The van der Waals surface area contributed by atoms with Gasteiger partial charge in [0, 0.05) is 6.20 Å². The normalized spacial score (nSPS) is 18.6. The number of rotatable bonds is 1. The van der Waals surface area contributed by atoms with Crippen LogP contribution in [0, 0.1) is 0 Å². The lowest BCUT2D eigenvalue weighted by Gasteiger charge is -2.12. The van der Waals surface area contributed by atoms with E-state index in [1.54, 1.807) is 0 Å². The Morgan fingerprint density at radius 2 is 2.45 bits per heavy atom. The maximum absolute atomic E-state index is 4.28. The number of hydrogen-bond acceptors (Lipinski definition) is 2. The van der Waals surface area contributed by atoms with Gasteiger partial charge in [-0.25, -0.2) is 0 Å². The summed E-state index contributed by atoms with van der Waals surface area (Å²) in [7, 11) is 0. The van der Waals surface area contributed by atoms with Gasteiger partial charge < -0.3 is 5.32 Å². The van der Waals surface area contributed by atoms with Gasteiger partial charge in [-0.2, -0.15) is 0 Å². The van der Waals surface area contributed by atoms with Gasteiger partial charge in [0.2, 0.25) is 0 Å². The Bertz CT molecular complexity index is 234. The molecular weight excluding hydrogens is 136 g/mol. The average molecular weight is 150 g/mol. The molecule has 0 bridgehead atoms. The van der Waals surface area contributed by atoms with E-state index in [0.717, 1.165) is 12.4 Å². The molecule has 11 heavy (non-hydrogen) atoms. The third-order valence-corrected chi connectivity index (χ3v) is 1.88. The number of nitrogens with zero attached hydrogens (tertiary/aromatic N) is 1. The molecule has 1 heterocycles. The zero-order chi connectivity index (χ0) is 8.27. The lowest BCUT2D eigenvalue weighted by atomic mass is 10.1. The first-order chi connectivity index (χ1) is 5.24. The summed E-state index contributed by atoms with van der Waals surface area (Å²) in [5.74, 6) is 0.998. The van der Waals surface area contributed by atoms with Gasteiger partial charge in [0.15, 0.2) is 0 Å². The van der Waals surface area contributed by atoms with E-state index in [9.17, 15) is 0 Å². The minimum atomic E-state index is 0.814. The Hall–Kier alpha value is -1.05. The highest BCUT2D eigenvalue weighted by atomic mass is 15.0. The fraction of sp³-hybridized carbons (Fsp3) is 0.444. The molecule has 0 aromatic carbocycles. The quantitative estimate of drug-likeness (QED) is 0.606. The minimum Gasteiger partial charge on any atom is -0.350 e. The summed E-state index contributed by atoms with van der Waals surface area (Å²) in [4.78, 5) is 4.28. The number of amidine groups is 1. The maximum Gasteiger partial charge on any atom is 0.0975 e. The van der Waals surface area contributed by atoms with Gasteiger partial charge in [0.05, 0.1) is 12.4 Å². The standard InChI is InChI=1S/C9H14N2/c1-4-7(2)9-5-10-8(3)11-6-9/h4-5H,6H2,1-3H3,(H,10,11). The van der Waals surface area contributed by atoms with Crippen LogP contribution < -0.4 is 5.32 Å². The summed E-state index contributed by atoms with van der Waals surface area (Å²) >= 11 is 0. The van der Waals surface area contributed by atoms with Gasteiger partial charge in [0.25, 0.3) is 0 Å². The zero-order valence-electron chi connectivity index (χ0n) is 7.31. The largest absolute Gasteiger partial charge is 0.350 e. The molecule has 0 atom stereocenters. The van der Waals surface area contributed by atoms with Crippen molar-refractivity contribution in [1.82, 2.24) is 5.32 Å². The van der Waals surface area contributed by atoms with E-state index in [2.05, 4.69) is 23.3 Å². The molecule has 2 heteroatoms. The Morgan fingerprint density at radius 3 is 2.91 bits per heavy atom. The molecule has 1 N–H and O–H groups in total. The monoisotopic (exact) mass is 150 g/mol. The molecule has 1 aliphatic heterocycles. The molecule has 0 aliphatic carbocycles. The average Bonchev–Trinajstić information content (AvgIpc) is 2.05. The van der Waals surface area contributed by atoms with E-state index < -0.39 is 0 Å². The van der Waals surface area contributed by atoms with Crippen molar-refractivity contribution in [3.8, 4) is 0 Å². The van der Waals surface area contributed by atoms with Gasteiger partial charge in [-0.3, -0.25) is 4.99 Å². The van der Waals surface area contributed by atoms with Crippen molar-refractivity contribution in [2.45, 2.75) is 20.8 Å². The number of allylic oxidation sites excluding steroid dienone is 1. The van der Waals surface area contributed by atoms with Crippen LogP contribution >= 0.6 is 0 Å². The van der Waals surface area contributed by atoms with Crippen molar-refractivity contribution in [2.24, 2.45) is 4.99 Å². The van der Waals surface area contributed by atoms with Crippen molar-refractivity contribution >= 4 is 5.84 Å². The summed E-state index contributed by atoms with van der Waals surface area (Å²) in [5, 5.41) is 3.09. The number of nitrogens with one attached hydrogen (secondary N) is 1. The van der Waals surface area contributed by atoms with Gasteiger partial charge in [-0.05, 0) is 31.9 Å². The van der Waals surface area contributed by atoms with Crippen LogP contribution in [0.15, 0.2) is 28.4 Å². The van der Waals surface area contributed by atoms with E-state index >= 15 is 0 Å². The van der Waals surface area contributed by atoms with E-state index in [1.165, 1.54) is 11.1 Å². The first-order valence-electron chi connectivity index (χ1n) is 3.84. The highest BCUT2D eigenvalue weighted by molar-refractivity contribution is 5.81. The Balaban J connectivity index is 2.66. The van der Waals surface area contributed by atoms with Crippen molar-refractivity contribution in [2.75, 3.05) is 6.54 Å². The van der Waals surface area contributed by atoms with Crippen LogP contribution in [0.3, 0.4) is 0 Å². The fourth-order valence-electron chi connectivity index (χ4n) is 0.911. The topological polar surface area (TPSA) is 24.4 Å². The summed E-state index contributed by atoms with van der Waals surface area (Å²) in [6, 6.07) is 0. The molecule has 0 aromatic rings. The van der Waals surface area contributed by atoms with Crippen molar-refractivity contribution in [3.63, 3.8) is 0 Å². The molecule has 0 fully saturated rings. The molecule has 1 aliphatic rings. The summed E-state index contributed by atoms with van der Waals surface area (Å²) in [6.45, 7) is 6.93. The first kappa shape index (κ1) is 8.05. The number of aliphatic imine (C=N–C) groups is 1. The van der Waals surface area contributed by atoms with E-state index in [0.29, 0.717) is 0 Å². The molecule has 1 rings (SSSR count). The van der Waals surface area contributed by atoms with Crippen LogP contribution in [0.5, 0.6) is 0 Å². The van der Waals surface area contributed by atoms with E-state index in [-0.39, 0.29) is 0 Å². The Kier molecular flexibility index (Phi) is 2.47. The van der Waals surface area contributed by atoms with Crippen molar-refractivity contribution in [1.29, 1.82) is 0 Å². The second kappa shape index (κ2) is 3.37. The van der Waals surface area contributed by atoms with Crippen molar-refractivity contribution in [3.05, 3.63) is 23.4 Å². The van der Waals surface area contributed by atoms with Gasteiger partial charge in [-0.15, -0.1) is 0 Å². The van der Waals surface area contributed by atoms with Gasteiger partial charge >= 0.3 is 0 Å². The van der Waals surface area contributed by atoms with Crippen LogP contribution in [0.25, 0.3) is 0 Å². The molecule has 0 aromatic heterocycles. The summed E-state index contributed by atoms with van der Waals surface area (Å²) < 4.78 is 0. The predicted molar refractivity (Wildman–Crippen MR) is 48.6 cm³/mol. The molecule has 2 nitrogen and oxygen atoms in total. The third-order valence-electron chi connectivity index (χ3n) is 1.88. The Labute approximate surface area is 67.7 Å². The van der Waals surface area contributed by atoms with Gasteiger partial charge in [-0.1, -0.05) is 6.08 Å². The summed E-state index contributed by atoms with van der Waals surface area (Å²) in [6.07, 6.45) is 4.13. The second-order valence-corrected chi connectivity index (χ2v) is 2.69. The van der Waals surface area contributed by atoms with E-state index in [4.69, 9.17) is 0 Å². The molecule has 0 saturated heterocycles. The number of hydrogen-bond donors (Lipinski definition) is 1. The Morgan fingerprint density at radius 1 is 1.73 bits per heavy atom. The molecule has 0 radical (unpaired) electrons. The van der Waals surface area contributed by atoms with Crippen LogP contribution in [0.1, 0.15) is 20.8 Å². The first-order valence-corrected chi connectivity index (χ1v) is 3.84. The molecule has 0 spiro atoms. The molecule has 60 valence electrons. The molecule has 0 saturated carbocycles. The van der Waals surface area contributed by atoms with Crippen LogP contribution in [0.2, 0.25) is 0 Å². The molecule has 0 amide bonds. The smallest absolute Gasteiger partial charge is 0.0975 e.